The maximum Gasteiger partial charge on any atom is 0.341 e. The Hall–Kier alpha value is -3.08. The third-order valence-electron chi connectivity index (χ3n) is 3.77. The van der Waals surface area contributed by atoms with Crippen molar-refractivity contribution < 1.29 is 23.8 Å². The van der Waals surface area contributed by atoms with Gasteiger partial charge in [0.25, 0.3) is 0 Å². The molecule has 0 aliphatic heterocycles. The Balaban J connectivity index is 2.13. The maximum atomic E-state index is 15.3. The van der Waals surface area contributed by atoms with Crippen molar-refractivity contribution in [1.29, 1.82) is 5.26 Å². The molecular formula is C20H13ClFNO4S. The Morgan fingerprint density at radius 1 is 1.25 bits per heavy atom. The average molecular weight is 418 g/mol. The van der Waals surface area contributed by atoms with Crippen LogP contribution in [-0.4, -0.2) is 17.7 Å². The van der Waals surface area contributed by atoms with E-state index >= 15 is 4.39 Å². The van der Waals surface area contributed by atoms with Crippen LogP contribution in [0.4, 0.5) is 4.39 Å². The van der Waals surface area contributed by atoms with Crippen molar-refractivity contribution in [2.75, 3.05) is 6.61 Å². The molecule has 0 atom stereocenters. The van der Waals surface area contributed by atoms with Gasteiger partial charge in [-0.25, -0.2) is 9.18 Å². The lowest BCUT2D eigenvalue weighted by Gasteiger charge is -2.17. The quantitative estimate of drug-likeness (QED) is 0.577. The van der Waals surface area contributed by atoms with E-state index in [1.807, 2.05) is 16.8 Å². The second-order valence-corrected chi connectivity index (χ2v) is 6.82. The molecule has 0 aliphatic carbocycles. The van der Waals surface area contributed by atoms with Crippen LogP contribution in [0.1, 0.15) is 11.1 Å². The topological polar surface area (TPSA) is 79.5 Å². The minimum absolute atomic E-state index is 0.0139. The number of hydrogen-bond donors (Lipinski definition) is 1. The molecule has 0 aliphatic rings. The minimum atomic E-state index is -1.25. The normalized spacial score (nSPS) is 10.3. The third-order valence-corrected chi connectivity index (χ3v) is 4.84. The Labute approximate surface area is 169 Å². The third kappa shape index (κ3) is 4.25. The van der Waals surface area contributed by atoms with Gasteiger partial charge in [-0.05, 0) is 28.5 Å². The lowest BCUT2D eigenvalue weighted by Crippen LogP contribution is -2.11. The molecule has 0 spiro atoms. The van der Waals surface area contributed by atoms with Crippen molar-refractivity contribution in [2.24, 2.45) is 0 Å². The molecule has 0 unspecified atom stereocenters. The molecule has 1 N–H and O–H groups in total. The number of nitrogens with zero attached hydrogens (tertiary/aromatic N) is 1. The van der Waals surface area contributed by atoms with Crippen LogP contribution in [0.15, 0.2) is 47.2 Å². The monoisotopic (exact) mass is 417 g/mol. The first-order valence-corrected chi connectivity index (χ1v) is 9.33. The summed E-state index contributed by atoms with van der Waals surface area (Å²) < 4.78 is 26.1. The Morgan fingerprint density at radius 3 is 2.68 bits per heavy atom. The molecular weight excluding hydrogens is 405 g/mol. The van der Waals surface area contributed by atoms with Crippen LogP contribution in [0.25, 0.3) is 11.1 Å². The predicted molar refractivity (Wildman–Crippen MR) is 103 cm³/mol. The highest BCUT2D eigenvalue weighted by Gasteiger charge is 2.23. The summed E-state index contributed by atoms with van der Waals surface area (Å²) in [5, 5.41) is 22.3. The largest absolute Gasteiger partial charge is 0.488 e. The van der Waals surface area contributed by atoms with Gasteiger partial charge in [0, 0.05) is 16.7 Å². The number of aliphatic carboxylic acids is 1. The molecule has 1 aromatic heterocycles. The van der Waals surface area contributed by atoms with Crippen molar-refractivity contribution in [3.8, 4) is 28.7 Å². The van der Waals surface area contributed by atoms with Gasteiger partial charge in [-0.1, -0.05) is 29.8 Å². The number of carboxylic acids is 1. The second-order valence-electron chi connectivity index (χ2n) is 5.63. The fraction of sp³-hybridized carbons (Fsp3) is 0.100. The Morgan fingerprint density at radius 2 is 2.04 bits per heavy atom. The zero-order valence-corrected chi connectivity index (χ0v) is 15.9. The van der Waals surface area contributed by atoms with Crippen molar-refractivity contribution in [3.63, 3.8) is 0 Å². The van der Waals surface area contributed by atoms with Gasteiger partial charge in [0.1, 0.15) is 29.7 Å². The van der Waals surface area contributed by atoms with Crippen LogP contribution < -0.4 is 9.47 Å². The summed E-state index contributed by atoms with van der Waals surface area (Å²) in [6, 6.07) is 11.5. The van der Waals surface area contributed by atoms with Gasteiger partial charge < -0.3 is 14.6 Å². The molecule has 0 saturated carbocycles. The summed E-state index contributed by atoms with van der Waals surface area (Å²) in [7, 11) is 0. The number of rotatable bonds is 7. The number of benzene rings is 2. The van der Waals surface area contributed by atoms with E-state index in [-0.39, 0.29) is 28.7 Å². The fourth-order valence-corrected chi connectivity index (χ4v) is 3.41. The summed E-state index contributed by atoms with van der Waals surface area (Å²) >= 11 is 7.72. The van der Waals surface area contributed by atoms with E-state index in [1.54, 1.807) is 30.3 Å². The molecule has 8 heteroatoms. The van der Waals surface area contributed by atoms with Gasteiger partial charge in [-0.15, -0.1) is 0 Å². The molecule has 0 amide bonds. The van der Waals surface area contributed by atoms with Crippen molar-refractivity contribution >= 4 is 28.9 Å². The summed E-state index contributed by atoms with van der Waals surface area (Å²) in [5.74, 6) is -2.26. The number of carboxylic acid groups (broad SMARTS) is 1. The van der Waals surface area contributed by atoms with Crippen LogP contribution in [0.5, 0.6) is 11.5 Å². The van der Waals surface area contributed by atoms with Crippen LogP contribution in [0.3, 0.4) is 0 Å². The van der Waals surface area contributed by atoms with Crippen LogP contribution >= 0.6 is 22.9 Å². The average Bonchev–Trinajstić information content (AvgIpc) is 3.19. The van der Waals surface area contributed by atoms with Crippen molar-refractivity contribution in [3.05, 3.63) is 69.1 Å². The molecule has 0 saturated heterocycles. The van der Waals surface area contributed by atoms with Gasteiger partial charge in [0.15, 0.2) is 12.4 Å². The first-order chi connectivity index (χ1) is 13.5. The zero-order valence-electron chi connectivity index (χ0n) is 14.3. The predicted octanol–water partition coefficient (Wildman–Crippen LogP) is 5.12. The molecule has 3 rings (SSSR count). The van der Waals surface area contributed by atoms with E-state index in [1.165, 1.54) is 17.4 Å². The molecule has 0 fully saturated rings. The van der Waals surface area contributed by atoms with Crippen molar-refractivity contribution in [1.82, 2.24) is 0 Å². The highest BCUT2D eigenvalue weighted by molar-refractivity contribution is 7.07. The summed E-state index contributed by atoms with van der Waals surface area (Å²) in [6.45, 7) is -0.561. The lowest BCUT2D eigenvalue weighted by molar-refractivity contribution is -0.139. The van der Waals surface area contributed by atoms with Gasteiger partial charge in [0.2, 0.25) is 0 Å². The molecule has 0 radical (unpaired) electrons. The van der Waals surface area contributed by atoms with E-state index in [2.05, 4.69) is 0 Å². The molecule has 1 heterocycles. The van der Waals surface area contributed by atoms with Gasteiger partial charge in [0.05, 0.1) is 5.56 Å². The van der Waals surface area contributed by atoms with Crippen LogP contribution in [0.2, 0.25) is 5.02 Å². The maximum absolute atomic E-state index is 15.3. The smallest absolute Gasteiger partial charge is 0.341 e. The van der Waals surface area contributed by atoms with E-state index in [0.717, 1.165) is 5.56 Å². The van der Waals surface area contributed by atoms with Gasteiger partial charge in [-0.2, -0.15) is 16.6 Å². The van der Waals surface area contributed by atoms with Crippen LogP contribution in [0, 0.1) is 17.1 Å². The second kappa shape index (κ2) is 8.74. The lowest BCUT2D eigenvalue weighted by atomic mass is 10.00. The zero-order chi connectivity index (χ0) is 20.1. The van der Waals surface area contributed by atoms with E-state index < -0.39 is 24.0 Å². The molecule has 28 heavy (non-hydrogen) atoms. The van der Waals surface area contributed by atoms with Crippen LogP contribution in [-0.2, 0) is 11.4 Å². The van der Waals surface area contributed by atoms with E-state index in [4.69, 9.17) is 26.2 Å². The van der Waals surface area contributed by atoms with E-state index in [9.17, 15) is 10.1 Å². The number of carbonyl (C=O) groups is 1. The fourth-order valence-electron chi connectivity index (χ4n) is 2.53. The molecule has 3 aromatic rings. The number of thiophene rings is 1. The molecule has 0 bridgehead atoms. The number of nitriles is 1. The number of hydrogen-bond acceptors (Lipinski definition) is 5. The molecule has 2 aromatic carbocycles. The summed E-state index contributed by atoms with van der Waals surface area (Å²) in [5.41, 5.74) is 0.829. The highest BCUT2D eigenvalue weighted by atomic mass is 35.5. The first-order valence-electron chi connectivity index (χ1n) is 8.01. The summed E-state index contributed by atoms with van der Waals surface area (Å²) in [6.07, 6.45) is 0. The standard InChI is InChI=1S/C20H13ClFNO4S/c21-15-4-2-1-3-13(15)19-17(26-9-12-5-6-28-11-12)7-16(27-10-18(24)25)14(8-23)20(19)22/h1-7,11H,9-10H2,(H,24,25). The highest BCUT2D eigenvalue weighted by Crippen LogP contribution is 2.42. The Kier molecular flexibility index (Phi) is 6.14. The van der Waals surface area contributed by atoms with Gasteiger partial charge >= 0.3 is 5.97 Å². The van der Waals surface area contributed by atoms with Crippen molar-refractivity contribution in [2.45, 2.75) is 6.61 Å². The molecule has 142 valence electrons. The first kappa shape index (κ1) is 19.7. The SMILES string of the molecule is N#Cc1c(OCC(=O)O)cc(OCc2ccsc2)c(-c2ccccc2Cl)c1F. The summed E-state index contributed by atoms with van der Waals surface area (Å²) in [4.78, 5) is 10.8. The minimum Gasteiger partial charge on any atom is -0.488 e. The number of halogens is 2. The molecule has 5 nitrogen and oxygen atoms in total. The van der Waals surface area contributed by atoms with E-state index in [0.29, 0.717) is 5.56 Å². The Bertz CT molecular complexity index is 1050. The number of ether oxygens (including phenoxy) is 2. The van der Waals surface area contributed by atoms with Gasteiger partial charge in [-0.3, -0.25) is 0 Å².